The molecule has 1 aromatic carbocycles. The van der Waals surface area contributed by atoms with Crippen LogP contribution in [0.15, 0.2) is 29.4 Å². The first kappa shape index (κ1) is 29.9. The van der Waals surface area contributed by atoms with Crippen LogP contribution in [0.25, 0.3) is 0 Å². The van der Waals surface area contributed by atoms with Crippen molar-refractivity contribution in [2.24, 2.45) is 7.05 Å². The zero-order valence-electron chi connectivity index (χ0n) is 22.5. The molecule has 0 bridgehead atoms. The molecule has 1 amide bonds. The first-order valence-corrected chi connectivity index (χ1v) is 13.0. The van der Waals surface area contributed by atoms with Crippen LogP contribution in [0.5, 0.6) is 5.75 Å². The van der Waals surface area contributed by atoms with Crippen molar-refractivity contribution in [1.82, 2.24) is 20.1 Å². The molecule has 13 nitrogen and oxygen atoms in total. The monoisotopic (exact) mass is 564 g/mol. The zero-order chi connectivity index (χ0) is 28.7. The maximum Gasteiger partial charge on any atom is 0.303 e. The van der Waals surface area contributed by atoms with Crippen molar-refractivity contribution in [2.45, 2.75) is 76.2 Å². The quantitative estimate of drug-likeness (QED) is 0.328. The van der Waals surface area contributed by atoms with Crippen LogP contribution < -0.4 is 10.1 Å². The molecule has 5 unspecified atom stereocenters. The van der Waals surface area contributed by atoms with Gasteiger partial charge in [0.15, 0.2) is 23.2 Å². The minimum absolute atomic E-state index is 0.146. The van der Waals surface area contributed by atoms with Crippen LogP contribution in [-0.4, -0.2) is 75.0 Å². The van der Waals surface area contributed by atoms with Crippen molar-refractivity contribution in [3.05, 3.63) is 35.7 Å². The summed E-state index contributed by atoms with van der Waals surface area (Å²) in [7, 11) is 1.74. The second-order valence-electron chi connectivity index (χ2n) is 8.90. The lowest BCUT2D eigenvalue weighted by molar-refractivity contribution is -0.211. The van der Waals surface area contributed by atoms with E-state index in [1.54, 1.807) is 11.6 Å². The Morgan fingerprint density at radius 1 is 0.974 bits per heavy atom. The zero-order valence-corrected chi connectivity index (χ0v) is 23.4. The predicted molar refractivity (Wildman–Crippen MR) is 136 cm³/mol. The Kier molecular flexibility index (Phi) is 10.3. The number of carbonyl (C=O) groups is 4. The number of nitrogens with zero attached hydrogens (tertiary/aromatic N) is 3. The van der Waals surface area contributed by atoms with E-state index in [1.165, 1.54) is 27.7 Å². The molecular weight excluding hydrogens is 532 g/mol. The molecular formula is C25H32N4O9S. The van der Waals surface area contributed by atoms with Crippen LogP contribution in [0.1, 0.15) is 39.1 Å². The molecule has 0 spiro atoms. The molecule has 2 aromatic rings. The summed E-state index contributed by atoms with van der Waals surface area (Å²) in [6, 6.07) is 6.62. The fourth-order valence-corrected chi connectivity index (χ4v) is 4.98. The SMILES string of the molecule is CC(=O)NC1C(Sc2nnc(COc3ccc(C)cc3)n2C)OC(COC(C)=O)C(OC(C)=O)C1OC(C)=O. The number of thioether (sulfide) groups is 1. The number of nitrogens with one attached hydrogen (secondary N) is 1. The Bertz CT molecular complexity index is 1190. The van der Waals surface area contributed by atoms with Crippen LogP contribution in [-0.2, 0) is 51.8 Å². The summed E-state index contributed by atoms with van der Waals surface area (Å²) < 4.78 is 29.8. The lowest BCUT2D eigenvalue weighted by Crippen LogP contribution is -2.65. The standard InChI is InChI=1S/C25H32N4O9S/c1-13-7-9-18(10-8-13)35-12-20-27-28-25(29(20)6)39-24-21(26-14(2)30)23(37-17(5)33)22(36-16(4)32)19(38-24)11-34-15(3)31/h7-10,19,21-24H,11-12H2,1-6H3,(H,26,30). The highest BCUT2D eigenvalue weighted by Gasteiger charge is 2.51. The molecule has 0 radical (unpaired) electrons. The molecule has 0 saturated carbocycles. The highest BCUT2D eigenvalue weighted by molar-refractivity contribution is 7.99. The van der Waals surface area contributed by atoms with Gasteiger partial charge in [-0.3, -0.25) is 19.2 Å². The number of aromatic nitrogens is 3. The predicted octanol–water partition coefficient (Wildman–Crippen LogP) is 1.45. The van der Waals surface area contributed by atoms with Gasteiger partial charge in [-0.15, -0.1) is 10.2 Å². The van der Waals surface area contributed by atoms with Gasteiger partial charge in [0, 0.05) is 34.7 Å². The van der Waals surface area contributed by atoms with Crippen molar-refractivity contribution in [3.63, 3.8) is 0 Å². The van der Waals surface area contributed by atoms with Crippen molar-refractivity contribution < 1.29 is 42.9 Å². The fraction of sp³-hybridized carbons (Fsp3) is 0.520. The number of rotatable bonds is 10. The van der Waals surface area contributed by atoms with Gasteiger partial charge in [0.1, 0.15) is 36.5 Å². The number of esters is 3. The van der Waals surface area contributed by atoms with Gasteiger partial charge in [-0.1, -0.05) is 29.5 Å². The van der Waals surface area contributed by atoms with E-state index < -0.39 is 53.6 Å². The van der Waals surface area contributed by atoms with E-state index >= 15 is 0 Å². The Balaban J connectivity index is 1.88. The van der Waals surface area contributed by atoms with E-state index in [0.29, 0.717) is 16.7 Å². The number of ether oxygens (including phenoxy) is 5. The number of hydrogen-bond acceptors (Lipinski definition) is 12. The van der Waals surface area contributed by atoms with Gasteiger partial charge in [-0.05, 0) is 19.1 Å². The topological polar surface area (TPSA) is 157 Å². The van der Waals surface area contributed by atoms with E-state index in [2.05, 4.69) is 15.5 Å². The van der Waals surface area contributed by atoms with Crippen LogP contribution in [0.3, 0.4) is 0 Å². The second kappa shape index (κ2) is 13.4. The lowest BCUT2D eigenvalue weighted by atomic mass is 9.97. The average molecular weight is 565 g/mol. The fourth-order valence-electron chi connectivity index (χ4n) is 3.85. The van der Waals surface area contributed by atoms with E-state index in [9.17, 15) is 19.2 Å². The van der Waals surface area contributed by atoms with Gasteiger partial charge in [0.2, 0.25) is 5.91 Å². The van der Waals surface area contributed by atoms with E-state index in [4.69, 9.17) is 23.7 Å². The Morgan fingerprint density at radius 2 is 1.62 bits per heavy atom. The number of carbonyl (C=O) groups excluding carboxylic acids is 4. The molecule has 3 rings (SSSR count). The molecule has 1 aliphatic heterocycles. The van der Waals surface area contributed by atoms with Crippen molar-refractivity contribution in [2.75, 3.05) is 6.61 Å². The third kappa shape index (κ3) is 8.42. The van der Waals surface area contributed by atoms with E-state index in [-0.39, 0.29) is 13.2 Å². The molecule has 5 atom stereocenters. The Hall–Kier alpha value is -3.65. The maximum atomic E-state index is 12.1. The summed E-state index contributed by atoms with van der Waals surface area (Å²) in [5.74, 6) is -1.16. The molecule has 1 fully saturated rings. The molecule has 0 aliphatic carbocycles. The third-order valence-corrected chi connectivity index (χ3v) is 6.81. The second-order valence-corrected chi connectivity index (χ2v) is 9.96. The van der Waals surface area contributed by atoms with Gasteiger partial charge >= 0.3 is 17.9 Å². The minimum atomic E-state index is -1.17. The summed E-state index contributed by atoms with van der Waals surface area (Å²) in [5, 5.41) is 11.6. The molecule has 39 heavy (non-hydrogen) atoms. The van der Waals surface area contributed by atoms with Gasteiger partial charge in [-0.2, -0.15) is 0 Å². The Labute approximate surface area is 229 Å². The molecule has 1 N–H and O–H groups in total. The number of aryl methyl sites for hydroxylation is 1. The largest absolute Gasteiger partial charge is 0.486 e. The van der Waals surface area contributed by atoms with Crippen molar-refractivity contribution in [1.29, 1.82) is 0 Å². The van der Waals surface area contributed by atoms with Gasteiger partial charge < -0.3 is 33.6 Å². The van der Waals surface area contributed by atoms with Crippen LogP contribution in [0.4, 0.5) is 0 Å². The lowest BCUT2D eigenvalue weighted by Gasteiger charge is -2.44. The summed E-state index contributed by atoms with van der Waals surface area (Å²) in [4.78, 5) is 47.6. The Morgan fingerprint density at radius 3 is 2.21 bits per heavy atom. The molecule has 1 aliphatic rings. The van der Waals surface area contributed by atoms with Crippen LogP contribution in [0, 0.1) is 6.92 Å². The summed E-state index contributed by atoms with van der Waals surface area (Å²) in [5.41, 5.74) is 0.204. The van der Waals surface area contributed by atoms with Gasteiger partial charge in [0.05, 0.1) is 0 Å². The first-order chi connectivity index (χ1) is 18.4. The van der Waals surface area contributed by atoms with Crippen LogP contribution >= 0.6 is 11.8 Å². The van der Waals surface area contributed by atoms with Gasteiger partial charge in [-0.25, -0.2) is 0 Å². The van der Waals surface area contributed by atoms with E-state index in [0.717, 1.165) is 17.3 Å². The normalized spacial score (nSPS) is 22.5. The van der Waals surface area contributed by atoms with Crippen molar-refractivity contribution >= 4 is 35.6 Å². The summed E-state index contributed by atoms with van der Waals surface area (Å²) in [6.07, 6.45) is -3.33. The molecule has 1 aromatic heterocycles. The third-order valence-electron chi connectivity index (χ3n) is 5.61. The average Bonchev–Trinajstić information content (AvgIpc) is 3.19. The van der Waals surface area contributed by atoms with Crippen molar-refractivity contribution in [3.8, 4) is 5.75 Å². The first-order valence-electron chi connectivity index (χ1n) is 12.1. The molecule has 212 valence electrons. The molecule has 14 heteroatoms. The maximum absolute atomic E-state index is 12.1. The number of benzene rings is 1. The molecule has 1 saturated heterocycles. The summed E-state index contributed by atoms with van der Waals surface area (Å²) in [6.45, 7) is 6.73. The smallest absolute Gasteiger partial charge is 0.303 e. The molecule has 2 heterocycles. The minimum Gasteiger partial charge on any atom is -0.486 e. The van der Waals surface area contributed by atoms with E-state index in [1.807, 2.05) is 31.2 Å². The highest BCUT2D eigenvalue weighted by Crippen LogP contribution is 2.35. The number of hydrogen-bond donors (Lipinski definition) is 1. The highest BCUT2D eigenvalue weighted by atomic mass is 32.2. The van der Waals surface area contributed by atoms with Gasteiger partial charge in [0.25, 0.3) is 0 Å². The van der Waals surface area contributed by atoms with Crippen LogP contribution in [0.2, 0.25) is 0 Å². The number of amides is 1. The summed E-state index contributed by atoms with van der Waals surface area (Å²) >= 11 is 1.10.